The first-order valence-corrected chi connectivity index (χ1v) is 27.0. The van der Waals surface area contributed by atoms with Crippen LogP contribution in [0.25, 0.3) is 0 Å². The second kappa shape index (κ2) is 17.7. The summed E-state index contributed by atoms with van der Waals surface area (Å²) in [7, 11) is -0.382. The number of hydrogen-bond acceptors (Lipinski definition) is 14. The molecule has 2 spiro atoms. The van der Waals surface area contributed by atoms with Crippen LogP contribution in [-0.2, 0) is 42.7 Å². The van der Waals surface area contributed by atoms with Crippen molar-refractivity contribution in [2.45, 2.75) is 148 Å². The summed E-state index contributed by atoms with van der Waals surface area (Å²) in [5.74, 6) is 5.47. The van der Waals surface area contributed by atoms with Crippen LogP contribution in [0.2, 0.25) is 0 Å². The Hall–Kier alpha value is -2.25. The first-order chi connectivity index (χ1) is 30.7. The average molecular weight is 978 g/mol. The Balaban J connectivity index is 0.000000140. The van der Waals surface area contributed by atoms with Crippen LogP contribution < -0.4 is 14.2 Å². The predicted molar refractivity (Wildman–Crippen MR) is 243 cm³/mol. The van der Waals surface area contributed by atoms with Crippen molar-refractivity contribution in [3.8, 4) is 23.0 Å². The third kappa shape index (κ3) is 7.16. The molecule has 16 heteroatoms. The van der Waals surface area contributed by atoms with Crippen molar-refractivity contribution in [2.75, 3.05) is 65.7 Å². The van der Waals surface area contributed by atoms with E-state index in [4.69, 9.17) is 18.9 Å². The number of halogens is 1. The number of hydrogen-bond donors (Lipinski definition) is 5. The summed E-state index contributed by atoms with van der Waals surface area (Å²) in [5.41, 5.74) is 1.69. The highest BCUT2D eigenvalue weighted by Gasteiger charge is 2.74. The lowest BCUT2D eigenvalue weighted by Gasteiger charge is -2.64. The van der Waals surface area contributed by atoms with Gasteiger partial charge in [-0.2, -0.15) is 8.42 Å². The number of benzene rings is 2. The van der Waals surface area contributed by atoms with Gasteiger partial charge in [-0.25, -0.2) is 0 Å². The number of aliphatic hydroxyl groups is 4. The van der Waals surface area contributed by atoms with Gasteiger partial charge in [-0.15, -0.1) is 0 Å². The molecule has 2 aromatic carbocycles. The Labute approximate surface area is 386 Å². The minimum absolute atomic E-state index is 0.0819. The molecule has 10 atom stereocenters. The molecule has 6 fully saturated rings. The van der Waals surface area contributed by atoms with E-state index in [-0.39, 0.29) is 17.8 Å². The van der Waals surface area contributed by atoms with Gasteiger partial charge < -0.3 is 44.5 Å². The second-order valence-electron chi connectivity index (χ2n) is 20.2. The lowest BCUT2D eigenvalue weighted by Crippen LogP contribution is -2.77. The maximum absolute atomic E-state index is 12.3. The smallest absolute Gasteiger partial charge is 0.264 e. The first kappa shape index (κ1) is 46.8. The fourth-order valence-corrected chi connectivity index (χ4v) is 14.0. The molecule has 0 radical (unpaired) electrons. The van der Waals surface area contributed by atoms with Crippen LogP contribution in [0.4, 0.5) is 0 Å². The number of aliphatic hydroxyl groups excluding tert-OH is 2. The molecule has 4 saturated carbocycles. The van der Waals surface area contributed by atoms with Crippen LogP contribution >= 0.6 is 15.9 Å². The van der Waals surface area contributed by atoms with Crippen LogP contribution in [0.5, 0.6) is 23.0 Å². The van der Waals surface area contributed by atoms with Gasteiger partial charge >= 0.3 is 0 Å². The number of aromatic hydroxyl groups is 1. The number of alkyl halides is 1. The van der Waals surface area contributed by atoms with E-state index in [0.717, 1.165) is 93.9 Å². The summed E-state index contributed by atoms with van der Waals surface area (Å²) in [6.07, 6.45) is 12.6. The minimum atomic E-state index is -3.16. The molecule has 2 saturated heterocycles. The molecule has 4 bridgehead atoms. The highest BCUT2D eigenvalue weighted by molar-refractivity contribution is 9.08. The Morgan fingerprint density at radius 3 is 1.64 bits per heavy atom. The van der Waals surface area contributed by atoms with Crippen molar-refractivity contribution >= 4 is 26.0 Å². The monoisotopic (exact) mass is 976 g/mol. The molecule has 0 aromatic heterocycles. The molecule has 4 aliphatic heterocycles. The Morgan fingerprint density at radius 1 is 0.719 bits per heavy atom. The lowest BCUT2D eigenvalue weighted by atomic mass is 9.48. The number of phenols is 1. The first-order valence-electron chi connectivity index (χ1n) is 23.6. The highest BCUT2D eigenvalue weighted by Crippen LogP contribution is 2.67. The molecule has 64 heavy (non-hydrogen) atoms. The van der Waals surface area contributed by atoms with Gasteiger partial charge in [0.25, 0.3) is 10.1 Å². The van der Waals surface area contributed by atoms with E-state index in [1.165, 1.54) is 49.7 Å². The molecule has 0 amide bonds. The zero-order chi connectivity index (χ0) is 45.4. The average Bonchev–Trinajstić information content (AvgIpc) is 3.79. The van der Waals surface area contributed by atoms with Crippen LogP contribution in [0, 0.1) is 11.8 Å². The van der Waals surface area contributed by atoms with E-state index in [2.05, 4.69) is 36.0 Å². The third-order valence-electron chi connectivity index (χ3n) is 17.4. The Bertz CT molecular complexity index is 2160. The van der Waals surface area contributed by atoms with E-state index in [0.29, 0.717) is 50.4 Å². The standard InChI is InChI=1S/C24H33NO5.C21H27NO4.C2H6O3S.CH3Br/c1-28-11-12-29-18-6-5-16-13-19-24(27)8-7-17(26)22-23(24,20(16)21(18)30-22)9-10-25(19)14-15-3-2-4-15;23-14-5-4-13-10-16-21(25)7-6-15(24)19-20(21,17(13)18(14)26-19)8-9-22(16)11-12-2-1-3-12;1-5-6(2,3)4;1-2/h5-6,15,17,19,22,26-27H,2-4,7-14H2,1H3;4-5,12,15-16,19,23-25H,1-3,6-11H2;1-2H3;1H3/t17-,19+,22?,23-,24+;15-,16+,19?,20-,21+;;/m00../s1. The fourth-order valence-electron chi connectivity index (χ4n) is 14.0. The summed E-state index contributed by atoms with van der Waals surface area (Å²) in [6.45, 7) is 5.03. The molecule has 6 aliphatic carbocycles. The van der Waals surface area contributed by atoms with Gasteiger partial charge in [0.15, 0.2) is 23.0 Å². The number of ether oxygens (including phenoxy) is 4. The zero-order valence-corrected chi connectivity index (χ0v) is 40.2. The molecule has 2 unspecified atom stereocenters. The number of phenolic OH excluding ortho intramolecular Hbond substituents is 1. The van der Waals surface area contributed by atoms with E-state index >= 15 is 0 Å². The SMILES string of the molecule is CBr.COCCOc1ccc2c3c1OC1[C@@H](O)CC[C@@]4(O)[C@@H](C2)N(CC2CCC2)CC[C@]314.COS(C)(=O)=O.Oc1ccc2c3c1OC1[C@@H](O)CC[C@@]4(O)[C@@H](C2)N(CC2CCC2)CC[C@]314. The van der Waals surface area contributed by atoms with E-state index < -0.39 is 56.6 Å². The van der Waals surface area contributed by atoms with Crippen molar-refractivity contribution in [3.05, 3.63) is 46.5 Å². The van der Waals surface area contributed by atoms with Crippen molar-refractivity contribution < 1.29 is 57.1 Å². The van der Waals surface area contributed by atoms with Crippen molar-refractivity contribution in [3.63, 3.8) is 0 Å². The number of likely N-dealkylation sites (tertiary alicyclic amines) is 2. The molecule has 356 valence electrons. The molecule has 2 aromatic rings. The van der Waals surface area contributed by atoms with Crippen molar-refractivity contribution in [1.29, 1.82) is 0 Å². The van der Waals surface area contributed by atoms with Gasteiger partial charge in [-0.05, 0) is 131 Å². The quantitative estimate of drug-likeness (QED) is 0.136. The lowest BCUT2D eigenvalue weighted by molar-refractivity contribution is -0.209. The minimum Gasteiger partial charge on any atom is -0.504 e. The number of rotatable bonds is 9. The maximum Gasteiger partial charge on any atom is 0.264 e. The molecule has 5 N–H and O–H groups in total. The summed E-state index contributed by atoms with van der Waals surface area (Å²) < 4.78 is 47.2. The van der Waals surface area contributed by atoms with E-state index in [1.54, 1.807) is 13.2 Å². The van der Waals surface area contributed by atoms with Crippen molar-refractivity contribution in [2.24, 2.45) is 11.8 Å². The van der Waals surface area contributed by atoms with E-state index in [1.807, 2.05) is 18.0 Å². The van der Waals surface area contributed by atoms with Gasteiger partial charge in [0.2, 0.25) is 0 Å². The summed E-state index contributed by atoms with van der Waals surface area (Å²) in [5, 5.41) is 56.5. The van der Waals surface area contributed by atoms with Gasteiger partial charge in [0.1, 0.15) is 18.8 Å². The van der Waals surface area contributed by atoms with Gasteiger partial charge in [0, 0.05) is 43.4 Å². The normalized spacial score (nSPS) is 37.3. The number of methoxy groups -OCH3 is 1. The predicted octanol–water partition coefficient (Wildman–Crippen LogP) is 4.34. The summed E-state index contributed by atoms with van der Waals surface area (Å²) in [6, 6.07) is 8.06. The van der Waals surface area contributed by atoms with Crippen LogP contribution in [0.3, 0.4) is 0 Å². The summed E-state index contributed by atoms with van der Waals surface area (Å²) >= 11 is 2.94. The molecule has 10 aliphatic rings. The topological polar surface area (TPSA) is 188 Å². The second-order valence-corrected chi connectivity index (χ2v) is 21.9. The largest absolute Gasteiger partial charge is 0.504 e. The van der Waals surface area contributed by atoms with Gasteiger partial charge in [-0.3, -0.25) is 14.0 Å². The third-order valence-corrected chi connectivity index (χ3v) is 18.0. The van der Waals surface area contributed by atoms with Crippen molar-refractivity contribution in [1.82, 2.24) is 9.80 Å². The zero-order valence-electron chi connectivity index (χ0n) is 37.8. The molecule has 14 nitrogen and oxygen atoms in total. The fraction of sp³-hybridized carbons (Fsp3) is 0.750. The number of nitrogens with zero attached hydrogens (tertiary/aromatic N) is 2. The Morgan fingerprint density at radius 2 is 1.19 bits per heavy atom. The molecule has 12 rings (SSSR count). The van der Waals surface area contributed by atoms with Gasteiger partial charge in [-0.1, -0.05) is 40.9 Å². The van der Waals surface area contributed by atoms with Gasteiger partial charge in [0.05, 0.1) is 54.2 Å². The molecular formula is C48H69BrN2O12S. The van der Waals surface area contributed by atoms with E-state index in [9.17, 15) is 34.0 Å². The number of piperidine rings is 2. The van der Waals surface area contributed by atoms with Crippen LogP contribution in [0.1, 0.15) is 99.3 Å². The molecular weight excluding hydrogens is 909 g/mol. The highest BCUT2D eigenvalue weighted by atomic mass is 79.9. The Kier molecular flexibility index (Phi) is 12.9. The summed E-state index contributed by atoms with van der Waals surface area (Å²) in [4.78, 5) is 5.09. The molecule has 4 heterocycles. The van der Waals surface area contributed by atoms with Crippen LogP contribution in [0.15, 0.2) is 24.3 Å². The maximum atomic E-state index is 12.3. The van der Waals surface area contributed by atoms with Crippen LogP contribution in [-0.4, -0.2) is 157 Å².